The number of hydrogen-bond donors (Lipinski definition) is 0. The Morgan fingerprint density at radius 2 is 1.92 bits per heavy atom. The van der Waals surface area contributed by atoms with Gasteiger partial charge in [0.05, 0.1) is 0 Å². The number of unbranched alkanes of at least 4 members (excludes halogenated alkanes) is 1. The molecule has 0 heterocycles. The molecule has 0 N–H and O–H groups in total. The van der Waals surface area contributed by atoms with Crippen molar-refractivity contribution in [1.82, 2.24) is 0 Å². The van der Waals surface area contributed by atoms with Crippen molar-refractivity contribution in [2.24, 2.45) is 5.92 Å². The van der Waals surface area contributed by atoms with Crippen LogP contribution in [0, 0.1) is 5.92 Å². The van der Waals surface area contributed by atoms with E-state index in [0.717, 1.165) is 12.8 Å². The second-order valence-corrected chi connectivity index (χ2v) is 4.23. The maximum Gasteiger partial charge on any atom is 0.166 e. The summed E-state index contributed by atoms with van der Waals surface area (Å²) < 4.78 is 5.54. The van der Waals surface area contributed by atoms with Gasteiger partial charge in [-0.1, -0.05) is 27.2 Å². The van der Waals surface area contributed by atoms with E-state index < -0.39 is 5.60 Å². The van der Waals surface area contributed by atoms with Crippen molar-refractivity contribution in [1.29, 1.82) is 0 Å². The Labute approximate surface area is 81.7 Å². The van der Waals surface area contributed by atoms with Crippen molar-refractivity contribution in [3.63, 3.8) is 0 Å². The van der Waals surface area contributed by atoms with E-state index in [-0.39, 0.29) is 11.7 Å². The van der Waals surface area contributed by atoms with Gasteiger partial charge in [-0.25, -0.2) is 0 Å². The molecule has 78 valence electrons. The normalized spacial score (nSPS) is 12.2. The molecule has 0 fully saturated rings. The molecule has 0 radical (unpaired) electrons. The molecule has 13 heavy (non-hydrogen) atoms. The summed E-state index contributed by atoms with van der Waals surface area (Å²) in [7, 11) is 0. The molecule has 0 rings (SSSR count). The monoisotopic (exact) mass is 186 g/mol. The molecule has 0 saturated heterocycles. The highest BCUT2D eigenvalue weighted by Crippen LogP contribution is 2.16. The first kappa shape index (κ1) is 12.6. The quantitative estimate of drug-likeness (QED) is 0.596. The number of rotatable bonds is 6. The van der Waals surface area contributed by atoms with Gasteiger partial charge in [0.15, 0.2) is 5.78 Å². The summed E-state index contributed by atoms with van der Waals surface area (Å²) in [5.41, 5.74) is -0.608. The average molecular weight is 186 g/mol. The van der Waals surface area contributed by atoms with Crippen molar-refractivity contribution in [3.05, 3.63) is 0 Å². The predicted octanol–water partition coefficient (Wildman–Crippen LogP) is 2.81. The van der Waals surface area contributed by atoms with Crippen LogP contribution in [0.2, 0.25) is 0 Å². The summed E-state index contributed by atoms with van der Waals surface area (Å²) in [6, 6.07) is 0. The first-order valence-electron chi connectivity index (χ1n) is 5.10. The summed E-state index contributed by atoms with van der Waals surface area (Å²) >= 11 is 0. The third kappa shape index (κ3) is 4.41. The fourth-order valence-electron chi connectivity index (χ4n) is 1.24. The van der Waals surface area contributed by atoms with E-state index in [4.69, 9.17) is 4.74 Å². The molecule has 0 atom stereocenters. The van der Waals surface area contributed by atoms with Crippen LogP contribution in [0.25, 0.3) is 0 Å². The summed E-state index contributed by atoms with van der Waals surface area (Å²) in [4.78, 5) is 11.6. The Hall–Kier alpha value is -0.370. The molecule has 0 aliphatic rings. The van der Waals surface area contributed by atoms with Gasteiger partial charge < -0.3 is 4.74 Å². The SMILES string of the molecule is CCCCOC(C)(C)C(=O)C(C)C. The lowest BCUT2D eigenvalue weighted by Gasteiger charge is -2.25. The zero-order chi connectivity index (χ0) is 10.5. The van der Waals surface area contributed by atoms with E-state index in [9.17, 15) is 4.79 Å². The van der Waals surface area contributed by atoms with E-state index in [1.807, 2.05) is 27.7 Å². The van der Waals surface area contributed by atoms with Gasteiger partial charge in [0.1, 0.15) is 5.60 Å². The molecule has 0 aromatic carbocycles. The van der Waals surface area contributed by atoms with Crippen LogP contribution >= 0.6 is 0 Å². The molecule has 0 spiro atoms. The molecule has 0 aliphatic heterocycles. The first-order chi connectivity index (χ1) is 5.91. The van der Waals surface area contributed by atoms with E-state index >= 15 is 0 Å². The summed E-state index contributed by atoms with van der Waals surface area (Å²) in [6.45, 7) is 10.3. The number of carbonyl (C=O) groups is 1. The van der Waals surface area contributed by atoms with Crippen LogP contribution in [0.1, 0.15) is 47.5 Å². The van der Waals surface area contributed by atoms with Crippen LogP contribution in [0.15, 0.2) is 0 Å². The Kier molecular flexibility index (Phi) is 5.23. The minimum Gasteiger partial charge on any atom is -0.368 e. The molecular weight excluding hydrogens is 164 g/mol. The molecule has 0 bridgehead atoms. The van der Waals surface area contributed by atoms with Crippen molar-refractivity contribution in [2.45, 2.75) is 53.1 Å². The van der Waals surface area contributed by atoms with Crippen molar-refractivity contribution >= 4 is 5.78 Å². The largest absolute Gasteiger partial charge is 0.368 e. The van der Waals surface area contributed by atoms with Crippen LogP contribution in [0.5, 0.6) is 0 Å². The molecule has 2 heteroatoms. The molecule has 0 saturated carbocycles. The molecule has 0 aromatic rings. The molecule has 0 aromatic heterocycles. The van der Waals surface area contributed by atoms with Crippen molar-refractivity contribution in [3.8, 4) is 0 Å². The van der Waals surface area contributed by atoms with Crippen LogP contribution in [-0.4, -0.2) is 18.0 Å². The number of Topliss-reactive ketones (excluding diaryl/α,β-unsaturated/α-hetero) is 1. The van der Waals surface area contributed by atoms with Gasteiger partial charge in [-0.2, -0.15) is 0 Å². The standard InChI is InChI=1S/C11H22O2/c1-6-7-8-13-11(4,5)10(12)9(2)3/h9H,6-8H2,1-5H3. The van der Waals surface area contributed by atoms with Crippen LogP contribution < -0.4 is 0 Å². The molecule has 2 nitrogen and oxygen atoms in total. The third-order valence-electron chi connectivity index (χ3n) is 2.08. The second kappa shape index (κ2) is 5.38. The van der Waals surface area contributed by atoms with Gasteiger partial charge in [-0.05, 0) is 20.3 Å². The van der Waals surface area contributed by atoms with Gasteiger partial charge >= 0.3 is 0 Å². The van der Waals surface area contributed by atoms with Gasteiger partial charge in [0.25, 0.3) is 0 Å². The molecule has 0 aliphatic carbocycles. The highest BCUT2D eigenvalue weighted by atomic mass is 16.5. The zero-order valence-corrected chi connectivity index (χ0v) is 9.52. The van der Waals surface area contributed by atoms with Crippen LogP contribution in [-0.2, 0) is 9.53 Å². The number of ketones is 1. The van der Waals surface area contributed by atoms with E-state index in [1.165, 1.54) is 0 Å². The van der Waals surface area contributed by atoms with Crippen LogP contribution in [0.3, 0.4) is 0 Å². The highest BCUT2D eigenvalue weighted by molar-refractivity contribution is 5.88. The minimum atomic E-state index is -0.608. The topological polar surface area (TPSA) is 26.3 Å². The lowest BCUT2D eigenvalue weighted by Crippen LogP contribution is -2.38. The van der Waals surface area contributed by atoms with E-state index in [2.05, 4.69) is 6.92 Å². The predicted molar refractivity (Wildman–Crippen MR) is 54.8 cm³/mol. The summed E-state index contributed by atoms with van der Waals surface area (Å²) in [5.74, 6) is 0.236. The fraction of sp³-hybridized carbons (Fsp3) is 0.909. The van der Waals surface area contributed by atoms with Crippen LogP contribution in [0.4, 0.5) is 0 Å². The Balaban J connectivity index is 3.99. The lowest BCUT2D eigenvalue weighted by atomic mass is 9.94. The fourth-order valence-corrected chi connectivity index (χ4v) is 1.24. The lowest BCUT2D eigenvalue weighted by molar-refractivity contribution is -0.143. The second-order valence-electron chi connectivity index (χ2n) is 4.23. The highest BCUT2D eigenvalue weighted by Gasteiger charge is 2.29. The first-order valence-corrected chi connectivity index (χ1v) is 5.10. The van der Waals surface area contributed by atoms with Crippen molar-refractivity contribution < 1.29 is 9.53 Å². The average Bonchev–Trinajstić information content (AvgIpc) is 2.03. The Morgan fingerprint density at radius 1 is 1.38 bits per heavy atom. The minimum absolute atomic E-state index is 0.0524. The summed E-state index contributed by atoms with van der Waals surface area (Å²) in [6.07, 6.45) is 2.13. The van der Waals surface area contributed by atoms with Gasteiger partial charge in [0, 0.05) is 12.5 Å². The van der Waals surface area contributed by atoms with E-state index in [1.54, 1.807) is 0 Å². The van der Waals surface area contributed by atoms with Crippen molar-refractivity contribution in [2.75, 3.05) is 6.61 Å². The zero-order valence-electron chi connectivity index (χ0n) is 9.52. The number of ether oxygens (including phenoxy) is 1. The van der Waals surface area contributed by atoms with Gasteiger partial charge in [-0.3, -0.25) is 4.79 Å². The number of carbonyl (C=O) groups excluding carboxylic acids is 1. The Morgan fingerprint density at radius 3 is 2.31 bits per heavy atom. The molecular formula is C11H22O2. The third-order valence-corrected chi connectivity index (χ3v) is 2.08. The van der Waals surface area contributed by atoms with Gasteiger partial charge in [-0.15, -0.1) is 0 Å². The Bertz CT molecular complexity index is 159. The van der Waals surface area contributed by atoms with Gasteiger partial charge in [0.2, 0.25) is 0 Å². The molecule has 0 amide bonds. The smallest absolute Gasteiger partial charge is 0.166 e. The van der Waals surface area contributed by atoms with E-state index in [0.29, 0.717) is 6.61 Å². The number of hydrogen-bond acceptors (Lipinski definition) is 2. The maximum absolute atomic E-state index is 11.6. The summed E-state index contributed by atoms with van der Waals surface area (Å²) in [5, 5.41) is 0. The molecule has 0 unspecified atom stereocenters. The maximum atomic E-state index is 11.6.